The molecule has 0 spiro atoms. The molecule has 0 aliphatic heterocycles. The van der Waals surface area contributed by atoms with Gasteiger partial charge in [-0.3, -0.25) is 23.4 Å². The van der Waals surface area contributed by atoms with Gasteiger partial charge in [-0.2, -0.15) is 0 Å². The summed E-state index contributed by atoms with van der Waals surface area (Å²) in [5.74, 6) is -2.43. The number of allylic oxidation sites excluding steroid dienone is 6. The molecular formula is C42H76NO10P. The van der Waals surface area contributed by atoms with Gasteiger partial charge in [0.2, 0.25) is 0 Å². The second-order valence-corrected chi connectivity index (χ2v) is 15.6. The zero-order valence-corrected chi connectivity index (χ0v) is 34.7. The summed E-state index contributed by atoms with van der Waals surface area (Å²) >= 11 is 0. The number of phosphoric acid groups is 1. The lowest BCUT2D eigenvalue weighted by Gasteiger charge is -2.20. The second kappa shape index (κ2) is 37.6. The van der Waals surface area contributed by atoms with Crippen molar-refractivity contribution in [2.45, 2.75) is 193 Å². The number of hydrogen-bond acceptors (Lipinski definition) is 9. The van der Waals surface area contributed by atoms with E-state index in [1.165, 1.54) is 77.0 Å². The smallest absolute Gasteiger partial charge is 0.472 e. The highest BCUT2D eigenvalue weighted by Crippen LogP contribution is 2.43. The first-order chi connectivity index (χ1) is 26.1. The zero-order chi connectivity index (χ0) is 40.0. The van der Waals surface area contributed by atoms with Gasteiger partial charge in [0.25, 0.3) is 0 Å². The van der Waals surface area contributed by atoms with Gasteiger partial charge < -0.3 is 25.2 Å². The quantitative estimate of drug-likeness (QED) is 0.0234. The molecule has 0 aromatic carbocycles. The van der Waals surface area contributed by atoms with E-state index >= 15 is 0 Å². The summed E-state index contributed by atoms with van der Waals surface area (Å²) in [7, 11) is -4.72. The van der Waals surface area contributed by atoms with Crippen LogP contribution in [0.25, 0.3) is 0 Å². The number of phosphoric ester groups is 1. The average molecular weight is 786 g/mol. The first-order valence-corrected chi connectivity index (χ1v) is 22.5. The van der Waals surface area contributed by atoms with Crippen molar-refractivity contribution in [1.29, 1.82) is 0 Å². The van der Waals surface area contributed by atoms with E-state index in [2.05, 4.69) is 54.8 Å². The molecule has 54 heavy (non-hydrogen) atoms. The Labute approximate surface area is 327 Å². The molecule has 0 saturated carbocycles. The summed E-state index contributed by atoms with van der Waals surface area (Å²) in [5.41, 5.74) is 5.32. The van der Waals surface area contributed by atoms with E-state index in [-0.39, 0.29) is 19.4 Å². The van der Waals surface area contributed by atoms with Gasteiger partial charge in [0, 0.05) is 12.8 Å². The largest absolute Gasteiger partial charge is 0.480 e. The fourth-order valence-electron chi connectivity index (χ4n) is 5.50. The van der Waals surface area contributed by atoms with Gasteiger partial charge in [0.1, 0.15) is 12.6 Å². The third kappa shape index (κ3) is 36.7. The van der Waals surface area contributed by atoms with Crippen LogP contribution in [0.4, 0.5) is 0 Å². The summed E-state index contributed by atoms with van der Waals surface area (Å²) in [4.78, 5) is 45.9. The number of unbranched alkanes of at least 4 members (excludes halogenated alkanes) is 19. The van der Waals surface area contributed by atoms with E-state index in [4.69, 9.17) is 24.8 Å². The van der Waals surface area contributed by atoms with Crippen LogP contribution in [0.2, 0.25) is 0 Å². The third-order valence-electron chi connectivity index (χ3n) is 8.86. The van der Waals surface area contributed by atoms with Crippen LogP contribution in [-0.4, -0.2) is 59.9 Å². The van der Waals surface area contributed by atoms with Gasteiger partial charge in [-0.25, -0.2) is 4.57 Å². The fourth-order valence-corrected chi connectivity index (χ4v) is 6.28. The molecule has 0 saturated heterocycles. The lowest BCUT2D eigenvalue weighted by atomic mass is 10.1. The Morgan fingerprint density at radius 2 is 0.981 bits per heavy atom. The van der Waals surface area contributed by atoms with Crippen molar-refractivity contribution in [3.05, 3.63) is 36.5 Å². The predicted octanol–water partition coefficient (Wildman–Crippen LogP) is 10.8. The Kier molecular flexibility index (Phi) is 36.0. The van der Waals surface area contributed by atoms with Crippen molar-refractivity contribution < 1.29 is 47.5 Å². The maximum absolute atomic E-state index is 12.6. The molecular weight excluding hydrogens is 709 g/mol. The molecule has 0 aliphatic rings. The lowest BCUT2D eigenvalue weighted by molar-refractivity contribution is -0.161. The fraction of sp³-hybridized carbons (Fsp3) is 0.786. The normalized spacial score (nSPS) is 14.1. The number of carboxylic acid groups (broad SMARTS) is 1. The van der Waals surface area contributed by atoms with E-state index in [1.807, 2.05) is 0 Å². The van der Waals surface area contributed by atoms with Crippen molar-refractivity contribution in [2.75, 3.05) is 19.8 Å². The van der Waals surface area contributed by atoms with E-state index in [0.29, 0.717) is 12.8 Å². The predicted molar refractivity (Wildman–Crippen MR) is 217 cm³/mol. The molecule has 0 amide bonds. The SMILES string of the molecule is CCCCCCCC/C=C/C/C=C/CCCCC(=O)OC[C@H](COP(=O)(O)OC[C@H](N)C(=O)O)OC(=O)CCCCCCC/C=C/CCCCCCCC. The number of nitrogens with two attached hydrogens (primary N) is 1. The summed E-state index contributed by atoms with van der Waals surface area (Å²) in [6, 6.07) is -1.53. The zero-order valence-electron chi connectivity index (χ0n) is 33.8. The molecule has 1 unspecified atom stereocenters. The summed E-state index contributed by atoms with van der Waals surface area (Å²) in [5, 5.41) is 8.87. The highest BCUT2D eigenvalue weighted by molar-refractivity contribution is 7.47. The van der Waals surface area contributed by atoms with Crippen LogP contribution >= 0.6 is 7.82 Å². The Morgan fingerprint density at radius 1 is 0.574 bits per heavy atom. The molecule has 11 nitrogen and oxygen atoms in total. The second-order valence-electron chi connectivity index (χ2n) is 14.1. The first kappa shape index (κ1) is 51.7. The number of aliphatic carboxylic acids is 1. The Morgan fingerprint density at radius 3 is 1.50 bits per heavy atom. The number of carboxylic acids is 1. The van der Waals surface area contributed by atoms with Gasteiger partial charge in [0.15, 0.2) is 6.10 Å². The standard InChI is InChI=1S/C42H76NO10P/c1-3-5-7-9-11-13-15-17-19-21-23-25-27-29-31-33-40(44)50-35-38(36-51-54(48,49)52-37-39(43)42(46)47)53-41(45)34-32-30-28-26-24-22-20-18-16-14-12-10-8-6-4-2/h17-20,23,25,38-39H,3-16,21-22,24,26-37,43H2,1-2H3,(H,46,47)(H,48,49)/b19-17+,20-18+,25-23+/t38-,39+/m1/s1. The third-order valence-corrected chi connectivity index (χ3v) is 9.81. The van der Waals surface area contributed by atoms with E-state index in [1.54, 1.807) is 0 Å². The maximum atomic E-state index is 12.6. The van der Waals surface area contributed by atoms with Gasteiger partial charge in [-0.05, 0) is 70.6 Å². The van der Waals surface area contributed by atoms with Crippen molar-refractivity contribution >= 4 is 25.7 Å². The number of rotatable bonds is 39. The van der Waals surface area contributed by atoms with Crippen molar-refractivity contribution in [3.8, 4) is 0 Å². The molecule has 0 heterocycles. The minimum absolute atomic E-state index is 0.145. The van der Waals surface area contributed by atoms with Crippen LogP contribution in [0.15, 0.2) is 36.5 Å². The van der Waals surface area contributed by atoms with Crippen LogP contribution in [0.5, 0.6) is 0 Å². The maximum Gasteiger partial charge on any atom is 0.472 e. The van der Waals surface area contributed by atoms with E-state index < -0.39 is 51.1 Å². The van der Waals surface area contributed by atoms with Crippen molar-refractivity contribution in [2.24, 2.45) is 5.73 Å². The molecule has 0 aliphatic carbocycles. The summed E-state index contributed by atoms with van der Waals surface area (Å²) < 4.78 is 32.6. The minimum atomic E-state index is -4.72. The van der Waals surface area contributed by atoms with E-state index in [9.17, 15) is 23.8 Å². The summed E-state index contributed by atoms with van der Waals surface area (Å²) in [6.45, 7) is 2.74. The van der Waals surface area contributed by atoms with Crippen LogP contribution in [0.1, 0.15) is 181 Å². The Balaban J connectivity index is 4.45. The first-order valence-electron chi connectivity index (χ1n) is 21.0. The monoisotopic (exact) mass is 786 g/mol. The molecule has 4 N–H and O–H groups in total. The highest BCUT2D eigenvalue weighted by Gasteiger charge is 2.28. The topological polar surface area (TPSA) is 172 Å². The van der Waals surface area contributed by atoms with Crippen molar-refractivity contribution in [3.63, 3.8) is 0 Å². The van der Waals surface area contributed by atoms with Crippen LogP contribution in [0, 0.1) is 0 Å². The molecule has 0 fully saturated rings. The molecule has 0 radical (unpaired) electrons. The van der Waals surface area contributed by atoms with Gasteiger partial charge in [-0.1, -0.05) is 134 Å². The number of ether oxygens (including phenoxy) is 2. The molecule has 314 valence electrons. The molecule has 0 aromatic rings. The van der Waals surface area contributed by atoms with Crippen LogP contribution in [-0.2, 0) is 37.5 Å². The summed E-state index contributed by atoms with van der Waals surface area (Å²) in [6.07, 6.45) is 39.3. The number of carbonyl (C=O) groups is 3. The minimum Gasteiger partial charge on any atom is -0.480 e. The Hall–Kier alpha value is -2.30. The lowest BCUT2D eigenvalue weighted by Crippen LogP contribution is -2.34. The van der Waals surface area contributed by atoms with Crippen LogP contribution < -0.4 is 5.73 Å². The van der Waals surface area contributed by atoms with Gasteiger partial charge in [-0.15, -0.1) is 0 Å². The molecule has 0 rings (SSSR count). The molecule has 3 atom stereocenters. The number of carbonyl (C=O) groups excluding carboxylic acids is 2. The average Bonchev–Trinajstić information content (AvgIpc) is 3.14. The molecule has 12 heteroatoms. The molecule has 0 aromatic heterocycles. The van der Waals surface area contributed by atoms with Crippen molar-refractivity contribution in [1.82, 2.24) is 0 Å². The van der Waals surface area contributed by atoms with E-state index in [0.717, 1.165) is 64.2 Å². The van der Waals surface area contributed by atoms with Gasteiger partial charge >= 0.3 is 25.7 Å². The number of hydrogen-bond donors (Lipinski definition) is 3. The number of esters is 2. The molecule has 0 bridgehead atoms. The van der Waals surface area contributed by atoms with Crippen LogP contribution in [0.3, 0.4) is 0 Å². The highest BCUT2D eigenvalue weighted by atomic mass is 31.2. The van der Waals surface area contributed by atoms with Gasteiger partial charge in [0.05, 0.1) is 13.2 Å². The Bertz CT molecular complexity index is 1060.